The maximum atomic E-state index is 11.3. The van der Waals surface area contributed by atoms with Gasteiger partial charge in [0.25, 0.3) is 0 Å². The molecule has 1 aromatic carbocycles. The molecule has 3 heteroatoms. The maximum Gasteiger partial charge on any atom is 0.219 e. The number of hydrogen-bond donors (Lipinski definition) is 1. The molecular formula is C18H28N2O. The van der Waals surface area contributed by atoms with Crippen molar-refractivity contribution in [2.24, 2.45) is 11.8 Å². The number of rotatable bonds is 4. The Labute approximate surface area is 128 Å². The third-order valence-corrected chi connectivity index (χ3v) is 4.43. The van der Waals surface area contributed by atoms with Crippen LogP contribution in [0.4, 0.5) is 5.69 Å². The molecular weight excluding hydrogens is 260 g/mol. The number of amides is 1. The molecule has 1 N–H and O–H groups in total. The van der Waals surface area contributed by atoms with Gasteiger partial charge in [-0.05, 0) is 48.8 Å². The second kappa shape index (κ2) is 6.97. The van der Waals surface area contributed by atoms with Crippen LogP contribution in [0.2, 0.25) is 0 Å². The molecule has 0 bridgehead atoms. The van der Waals surface area contributed by atoms with Gasteiger partial charge in [0.15, 0.2) is 0 Å². The molecule has 1 aliphatic rings. The summed E-state index contributed by atoms with van der Waals surface area (Å²) < 4.78 is 0. The van der Waals surface area contributed by atoms with E-state index in [0.717, 1.165) is 11.8 Å². The zero-order valence-electron chi connectivity index (χ0n) is 13.7. The van der Waals surface area contributed by atoms with Crippen molar-refractivity contribution in [2.75, 3.05) is 12.4 Å². The fourth-order valence-electron chi connectivity index (χ4n) is 3.45. The van der Waals surface area contributed by atoms with Crippen LogP contribution in [0.1, 0.15) is 45.6 Å². The van der Waals surface area contributed by atoms with Gasteiger partial charge in [-0.1, -0.05) is 26.0 Å². The van der Waals surface area contributed by atoms with Crippen molar-refractivity contribution >= 4 is 11.6 Å². The Balaban J connectivity index is 1.99. The number of carbonyl (C=O) groups is 1. The van der Waals surface area contributed by atoms with E-state index in [1.807, 2.05) is 7.05 Å². The average molecular weight is 288 g/mol. The quantitative estimate of drug-likeness (QED) is 0.911. The van der Waals surface area contributed by atoms with Gasteiger partial charge in [-0.3, -0.25) is 4.79 Å². The fraction of sp³-hybridized carbons (Fsp3) is 0.611. The zero-order chi connectivity index (χ0) is 15.4. The molecule has 1 aromatic rings. The van der Waals surface area contributed by atoms with Gasteiger partial charge in [-0.2, -0.15) is 0 Å². The molecule has 2 unspecified atom stereocenters. The second-order valence-corrected chi connectivity index (χ2v) is 6.83. The maximum absolute atomic E-state index is 11.3. The Kier molecular flexibility index (Phi) is 5.27. The van der Waals surface area contributed by atoms with Crippen molar-refractivity contribution in [3.05, 3.63) is 29.8 Å². The lowest BCUT2D eigenvalue weighted by Crippen LogP contribution is -2.30. The predicted molar refractivity (Wildman–Crippen MR) is 88.2 cm³/mol. The third kappa shape index (κ3) is 4.76. The second-order valence-electron chi connectivity index (χ2n) is 6.83. The fourth-order valence-corrected chi connectivity index (χ4v) is 3.45. The number of nitrogens with zero attached hydrogens (tertiary/aromatic N) is 1. The highest BCUT2D eigenvalue weighted by Crippen LogP contribution is 2.30. The number of carbonyl (C=O) groups excluding carboxylic acids is 1. The number of hydrogen-bond acceptors (Lipinski definition) is 2. The molecule has 21 heavy (non-hydrogen) atoms. The molecule has 0 aliphatic heterocycles. The van der Waals surface area contributed by atoms with Gasteiger partial charge in [0.05, 0.1) is 0 Å². The first-order chi connectivity index (χ1) is 9.94. The Morgan fingerprint density at radius 2 is 1.90 bits per heavy atom. The van der Waals surface area contributed by atoms with E-state index in [1.54, 1.807) is 11.8 Å². The van der Waals surface area contributed by atoms with E-state index in [1.165, 1.54) is 30.5 Å². The zero-order valence-corrected chi connectivity index (χ0v) is 13.7. The minimum Gasteiger partial charge on any atom is -0.382 e. The normalized spacial score (nSPS) is 25.4. The van der Waals surface area contributed by atoms with Crippen LogP contribution in [0.25, 0.3) is 0 Å². The molecule has 1 fully saturated rings. The molecule has 116 valence electrons. The van der Waals surface area contributed by atoms with Gasteiger partial charge < -0.3 is 10.2 Å². The van der Waals surface area contributed by atoms with Crippen LogP contribution >= 0.6 is 0 Å². The molecule has 2 atom stereocenters. The van der Waals surface area contributed by atoms with Gasteiger partial charge in [-0.15, -0.1) is 0 Å². The molecule has 0 saturated heterocycles. The van der Waals surface area contributed by atoms with Gasteiger partial charge in [0, 0.05) is 32.2 Å². The van der Waals surface area contributed by atoms with Gasteiger partial charge in [-0.25, -0.2) is 0 Å². The van der Waals surface area contributed by atoms with Crippen LogP contribution < -0.4 is 5.32 Å². The van der Waals surface area contributed by atoms with Crippen LogP contribution in [-0.2, 0) is 11.3 Å². The van der Waals surface area contributed by atoms with Crippen molar-refractivity contribution in [1.82, 2.24) is 4.90 Å². The molecule has 0 heterocycles. The van der Waals surface area contributed by atoms with Gasteiger partial charge in [0.1, 0.15) is 0 Å². The summed E-state index contributed by atoms with van der Waals surface area (Å²) in [6, 6.07) is 9.02. The third-order valence-electron chi connectivity index (χ3n) is 4.43. The Hall–Kier alpha value is -1.51. The van der Waals surface area contributed by atoms with Crippen LogP contribution in [0, 0.1) is 11.8 Å². The predicted octanol–water partition coefficient (Wildman–Crippen LogP) is 3.90. The molecule has 1 saturated carbocycles. The van der Waals surface area contributed by atoms with Gasteiger partial charge >= 0.3 is 0 Å². The highest BCUT2D eigenvalue weighted by Gasteiger charge is 2.23. The summed E-state index contributed by atoms with van der Waals surface area (Å²) in [5, 5.41) is 3.68. The van der Waals surface area contributed by atoms with E-state index in [2.05, 4.69) is 43.4 Å². The van der Waals surface area contributed by atoms with Crippen LogP contribution in [0.3, 0.4) is 0 Å². The van der Waals surface area contributed by atoms with E-state index in [0.29, 0.717) is 12.6 Å². The van der Waals surface area contributed by atoms with Crippen LogP contribution in [0.5, 0.6) is 0 Å². The Morgan fingerprint density at radius 3 is 2.52 bits per heavy atom. The van der Waals surface area contributed by atoms with E-state index < -0.39 is 0 Å². The lowest BCUT2D eigenvalue weighted by Gasteiger charge is -2.32. The highest BCUT2D eigenvalue weighted by atomic mass is 16.2. The summed E-state index contributed by atoms with van der Waals surface area (Å²) >= 11 is 0. The summed E-state index contributed by atoms with van der Waals surface area (Å²) in [7, 11) is 1.84. The number of nitrogens with one attached hydrogen (secondary N) is 1. The van der Waals surface area contributed by atoms with E-state index in [4.69, 9.17) is 0 Å². The SMILES string of the molecule is CC(=O)N(C)Cc1cccc(NC2CC(C)CC(C)C2)c1. The van der Waals surface area contributed by atoms with Crippen molar-refractivity contribution in [3.63, 3.8) is 0 Å². The first-order valence-corrected chi connectivity index (χ1v) is 8.01. The summed E-state index contributed by atoms with van der Waals surface area (Å²) in [6.07, 6.45) is 3.85. The van der Waals surface area contributed by atoms with Crippen LogP contribution in [0.15, 0.2) is 24.3 Å². The smallest absolute Gasteiger partial charge is 0.219 e. The number of benzene rings is 1. The average Bonchev–Trinajstić information content (AvgIpc) is 2.37. The first-order valence-electron chi connectivity index (χ1n) is 8.01. The van der Waals surface area contributed by atoms with Crippen molar-refractivity contribution in [2.45, 2.75) is 52.6 Å². The summed E-state index contributed by atoms with van der Waals surface area (Å²) in [6.45, 7) is 6.97. The monoisotopic (exact) mass is 288 g/mol. The summed E-state index contributed by atoms with van der Waals surface area (Å²) in [5.41, 5.74) is 2.35. The Morgan fingerprint density at radius 1 is 1.24 bits per heavy atom. The van der Waals surface area contributed by atoms with Gasteiger partial charge in [0.2, 0.25) is 5.91 Å². The van der Waals surface area contributed by atoms with Crippen molar-refractivity contribution < 1.29 is 4.79 Å². The molecule has 3 nitrogen and oxygen atoms in total. The number of anilines is 1. The van der Waals surface area contributed by atoms with Crippen molar-refractivity contribution in [1.29, 1.82) is 0 Å². The minimum atomic E-state index is 0.100. The first kappa shape index (κ1) is 15.9. The molecule has 0 radical (unpaired) electrons. The lowest BCUT2D eigenvalue weighted by atomic mass is 9.80. The largest absolute Gasteiger partial charge is 0.382 e. The highest BCUT2D eigenvalue weighted by molar-refractivity contribution is 5.72. The minimum absolute atomic E-state index is 0.100. The van der Waals surface area contributed by atoms with Crippen LogP contribution in [-0.4, -0.2) is 23.9 Å². The molecule has 2 rings (SSSR count). The van der Waals surface area contributed by atoms with E-state index >= 15 is 0 Å². The molecule has 0 spiro atoms. The topological polar surface area (TPSA) is 32.3 Å². The van der Waals surface area contributed by atoms with Crippen molar-refractivity contribution in [3.8, 4) is 0 Å². The standard InChI is InChI=1S/C18H28N2O/c1-13-8-14(2)10-18(9-13)19-17-7-5-6-16(11-17)12-20(4)15(3)21/h5-7,11,13-14,18-19H,8-10,12H2,1-4H3. The summed E-state index contributed by atoms with van der Waals surface area (Å²) in [4.78, 5) is 13.1. The van der Waals surface area contributed by atoms with E-state index in [9.17, 15) is 4.79 Å². The Bertz CT molecular complexity index is 476. The molecule has 1 aliphatic carbocycles. The lowest BCUT2D eigenvalue weighted by molar-refractivity contribution is -0.128. The molecule has 1 amide bonds. The molecule has 0 aromatic heterocycles. The summed E-state index contributed by atoms with van der Waals surface area (Å²) in [5.74, 6) is 1.71. The van der Waals surface area contributed by atoms with E-state index in [-0.39, 0.29) is 5.91 Å².